The van der Waals surface area contributed by atoms with Gasteiger partial charge in [-0.1, -0.05) is 23.8 Å². The standard InChI is InChI=1S/C25H27NOS2/c1-17-7-10-22(29-17)15-26-20-8-9-21(26)14-19(13-20)25(18-11-12-28-16-18)23-5-3-4-6-24(23)27-2/h3-7,10-12,16,20-21H,8-9,13-15H2,1-2H3. The Morgan fingerprint density at radius 2 is 1.86 bits per heavy atom. The lowest BCUT2D eigenvalue weighted by Crippen LogP contribution is -2.39. The molecule has 2 unspecified atom stereocenters. The summed E-state index contributed by atoms with van der Waals surface area (Å²) in [6.07, 6.45) is 4.98. The first kappa shape index (κ1) is 19.1. The van der Waals surface area contributed by atoms with Gasteiger partial charge in [0.25, 0.3) is 0 Å². The van der Waals surface area contributed by atoms with E-state index >= 15 is 0 Å². The molecule has 1 aromatic carbocycles. The van der Waals surface area contributed by atoms with E-state index in [1.807, 2.05) is 11.3 Å². The van der Waals surface area contributed by atoms with Crippen LogP contribution in [0.3, 0.4) is 0 Å². The average molecular weight is 422 g/mol. The van der Waals surface area contributed by atoms with Gasteiger partial charge in [0.15, 0.2) is 0 Å². The maximum absolute atomic E-state index is 5.75. The minimum absolute atomic E-state index is 0.662. The molecule has 2 aliphatic rings. The summed E-state index contributed by atoms with van der Waals surface area (Å²) in [5.74, 6) is 0.977. The molecule has 29 heavy (non-hydrogen) atoms. The van der Waals surface area contributed by atoms with E-state index in [0.717, 1.165) is 12.3 Å². The van der Waals surface area contributed by atoms with Crippen LogP contribution in [-0.2, 0) is 6.54 Å². The van der Waals surface area contributed by atoms with Gasteiger partial charge in [-0.15, -0.1) is 11.3 Å². The van der Waals surface area contributed by atoms with Crippen molar-refractivity contribution in [2.24, 2.45) is 0 Å². The number of benzene rings is 1. The highest BCUT2D eigenvalue weighted by atomic mass is 32.1. The van der Waals surface area contributed by atoms with Crippen LogP contribution in [0.15, 0.2) is 58.8 Å². The van der Waals surface area contributed by atoms with E-state index < -0.39 is 0 Å². The Morgan fingerprint density at radius 1 is 1.07 bits per heavy atom. The molecule has 0 amide bonds. The fraction of sp³-hybridized carbons (Fsp3) is 0.360. The molecule has 0 aliphatic carbocycles. The summed E-state index contributed by atoms with van der Waals surface area (Å²) in [5.41, 5.74) is 5.60. The summed E-state index contributed by atoms with van der Waals surface area (Å²) in [6.45, 7) is 3.32. The Bertz CT molecular complexity index is 1000. The molecule has 2 saturated heterocycles. The molecule has 2 nitrogen and oxygen atoms in total. The third kappa shape index (κ3) is 3.70. The van der Waals surface area contributed by atoms with Crippen LogP contribution in [0.4, 0.5) is 0 Å². The van der Waals surface area contributed by atoms with Crippen molar-refractivity contribution in [3.05, 3.63) is 79.7 Å². The molecule has 2 aromatic heterocycles. The lowest BCUT2D eigenvalue weighted by molar-refractivity contribution is 0.159. The Balaban J connectivity index is 1.51. The smallest absolute Gasteiger partial charge is 0.126 e. The van der Waals surface area contributed by atoms with E-state index in [4.69, 9.17) is 4.74 Å². The molecule has 0 spiro atoms. The van der Waals surface area contributed by atoms with Gasteiger partial charge in [-0.3, -0.25) is 4.90 Å². The fourth-order valence-electron chi connectivity index (χ4n) is 5.13. The van der Waals surface area contributed by atoms with Crippen molar-refractivity contribution in [1.82, 2.24) is 4.90 Å². The fourth-order valence-corrected chi connectivity index (χ4v) is 6.67. The van der Waals surface area contributed by atoms with Gasteiger partial charge in [0.1, 0.15) is 5.75 Å². The number of hydrogen-bond acceptors (Lipinski definition) is 4. The maximum atomic E-state index is 5.75. The largest absolute Gasteiger partial charge is 0.496 e. The number of ether oxygens (including phenoxy) is 1. The summed E-state index contributed by atoms with van der Waals surface area (Å²) >= 11 is 3.73. The highest BCUT2D eigenvalue weighted by Gasteiger charge is 2.39. The van der Waals surface area contributed by atoms with E-state index in [-0.39, 0.29) is 0 Å². The van der Waals surface area contributed by atoms with Gasteiger partial charge in [-0.25, -0.2) is 0 Å². The minimum atomic E-state index is 0.662. The summed E-state index contributed by atoms with van der Waals surface area (Å²) in [6, 6.07) is 16.7. The van der Waals surface area contributed by atoms with Crippen molar-refractivity contribution in [3.63, 3.8) is 0 Å². The first-order valence-corrected chi connectivity index (χ1v) is 12.2. The third-order valence-electron chi connectivity index (χ3n) is 6.41. The third-order valence-corrected chi connectivity index (χ3v) is 8.08. The van der Waals surface area contributed by atoms with E-state index in [1.165, 1.54) is 52.1 Å². The molecular weight excluding hydrogens is 394 g/mol. The molecular formula is C25H27NOS2. The van der Waals surface area contributed by atoms with Gasteiger partial charge in [-0.05, 0) is 78.8 Å². The number of methoxy groups -OCH3 is 1. The predicted molar refractivity (Wildman–Crippen MR) is 124 cm³/mol. The lowest BCUT2D eigenvalue weighted by Gasteiger charge is -2.37. The van der Waals surface area contributed by atoms with Gasteiger partial charge in [0.2, 0.25) is 0 Å². The van der Waals surface area contributed by atoms with Gasteiger partial charge < -0.3 is 4.74 Å². The van der Waals surface area contributed by atoms with Gasteiger partial charge in [0.05, 0.1) is 7.11 Å². The van der Waals surface area contributed by atoms with Crippen LogP contribution in [0.25, 0.3) is 5.57 Å². The average Bonchev–Trinajstić information content (AvgIpc) is 3.44. The van der Waals surface area contributed by atoms with Gasteiger partial charge in [0, 0.05) is 33.9 Å². The number of piperidine rings is 1. The van der Waals surface area contributed by atoms with E-state index in [9.17, 15) is 0 Å². The monoisotopic (exact) mass is 421 g/mol. The van der Waals surface area contributed by atoms with E-state index in [1.54, 1.807) is 24.0 Å². The molecule has 2 fully saturated rings. The first-order valence-electron chi connectivity index (χ1n) is 10.4. The molecule has 0 N–H and O–H groups in total. The van der Waals surface area contributed by atoms with Crippen LogP contribution >= 0.6 is 22.7 Å². The van der Waals surface area contributed by atoms with Crippen molar-refractivity contribution in [2.45, 2.75) is 51.2 Å². The molecule has 0 saturated carbocycles. The summed E-state index contributed by atoms with van der Waals surface area (Å²) < 4.78 is 5.75. The normalized spacial score (nSPS) is 21.5. The van der Waals surface area contributed by atoms with Crippen LogP contribution in [-0.4, -0.2) is 24.1 Å². The van der Waals surface area contributed by atoms with Crippen molar-refractivity contribution >= 4 is 28.2 Å². The van der Waals surface area contributed by atoms with Crippen molar-refractivity contribution in [2.75, 3.05) is 7.11 Å². The predicted octanol–water partition coefficient (Wildman–Crippen LogP) is 6.76. The van der Waals surface area contributed by atoms with Crippen molar-refractivity contribution in [3.8, 4) is 5.75 Å². The second kappa shape index (κ2) is 8.10. The Hall–Kier alpha value is -1.88. The number of aryl methyl sites for hydroxylation is 1. The molecule has 5 rings (SSSR count). The van der Waals surface area contributed by atoms with E-state index in [0.29, 0.717) is 12.1 Å². The molecule has 0 radical (unpaired) electrons. The van der Waals surface area contributed by atoms with Gasteiger partial charge in [-0.2, -0.15) is 11.3 Å². The molecule has 4 heteroatoms. The number of nitrogens with zero attached hydrogens (tertiary/aromatic N) is 1. The van der Waals surface area contributed by atoms with Crippen LogP contribution in [0.1, 0.15) is 46.6 Å². The zero-order valence-corrected chi connectivity index (χ0v) is 18.7. The molecule has 2 bridgehead atoms. The molecule has 4 heterocycles. The van der Waals surface area contributed by atoms with Crippen LogP contribution < -0.4 is 4.74 Å². The van der Waals surface area contributed by atoms with Gasteiger partial charge >= 0.3 is 0 Å². The number of hydrogen-bond donors (Lipinski definition) is 0. The molecule has 2 atom stereocenters. The zero-order valence-electron chi connectivity index (χ0n) is 17.1. The van der Waals surface area contributed by atoms with Crippen LogP contribution in [0, 0.1) is 6.92 Å². The van der Waals surface area contributed by atoms with Crippen molar-refractivity contribution in [1.29, 1.82) is 0 Å². The Kier molecular flexibility index (Phi) is 5.33. The quantitative estimate of drug-likeness (QED) is 0.451. The van der Waals surface area contributed by atoms with Crippen LogP contribution in [0.5, 0.6) is 5.75 Å². The Morgan fingerprint density at radius 3 is 2.52 bits per heavy atom. The Labute approximate surface area is 181 Å². The second-order valence-corrected chi connectivity index (χ2v) is 10.3. The highest BCUT2D eigenvalue weighted by Crippen LogP contribution is 2.45. The number of thiophene rings is 2. The van der Waals surface area contributed by atoms with Crippen molar-refractivity contribution < 1.29 is 4.74 Å². The second-order valence-electron chi connectivity index (χ2n) is 8.17. The SMILES string of the molecule is COc1ccccc1C(=C1CC2CCC(C1)N2Cc1ccc(C)s1)c1ccsc1. The molecule has 3 aromatic rings. The number of rotatable bonds is 5. The topological polar surface area (TPSA) is 12.5 Å². The lowest BCUT2D eigenvalue weighted by atomic mass is 9.86. The maximum Gasteiger partial charge on any atom is 0.126 e. The zero-order chi connectivity index (χ0) is 19.8. The number of para-hydroxylation sites is 1. The summed E-state index contributed by atoms with van der Waals surface area (Å²) in [5, 5.41) is 4.48. The highest BCUT2D eigenvalue weighted by molar-refractivity contribution is 7.11. The van der Waals surface area contributed by atoms with E-state index in [2.05, 4.69) is 65.0 Å². The molecule has 2 aliphatic heterocycles. The molecule has 150 valence electrons. The summed E-state index contributed by atoms with van der Waals surface area (Å²) in [7, 11) is 1.78. The summed E-state index contributed by atoms with van der Waals surface area (Å²) in [4.78, 5) is 5.71. The first-order chi connectivity index (χ1) is 14.2. The van der Waals surface area contributed by atoms with Crippen LogP contribution in [0.2, 0.25) is 0 Å². The minimum Gasteiger partial charge on any atom is -0.496 e. The number of fused-ring (bicyclic) bond motifs is 2.